The third-order valence-electron chi connectivity index (χ3n) is 7.68. The number of rotatable bonds is 0. The van der Waals surface area contributed by atoms with Crippen molar-refractivity contribution in [3.05, 3.63) is 12.2 Å². The quantitative estimate of drug-likeness (QED) is 0.664. The zero-order valence-electron chi connectivity index (χ0n) is 13.9. The lowest BCUT2D eigenvalue weighted by Crippen LogP contribution is -2.63. The van der Waals surface area contributed by atoms with Crippen molar-refractivity contribution < 1.29 is 19.0 Å². The smallest absolute Gasteiger partial charge is 0.142 e. The molecular formula is C19H28F2O2. The first kappa shape index (κ1) is 16.0. The number of allylic oxidation sites excluding steroid dienone is 2. The van der Waals surface area contributed by atoms with Crippen LogP contribution in [-0.4, -0.2) is 33.3 Å². The van der Waals surface area contributed by atoms with Gasteiger partial charge in [-0.05, 0) is 56.3 Å². The molecule has 6 unspecified atom stereocenters. The van der Waals surface area contributed by atoms with Crippen LogP contribution in [-0.2, 0) is 0 Å². The minimum absolute atomic E-state index is 0.0274. The fourth-order valence-corrected chi connectivity index (χ4v) is 6.28. The van der Waals surface area contributed by atoms with Crippen molar-refractivity contribution in [1.29, 1.82) is 0 Å². The standard InChI is InChI=1S/C19H28F2O2/c1-16-7-2-3-15(16)19(23)8-6-13-4-5-14(22)11-17(13,20)12-18(19,21)10-9-16/h2,7,13-15,22-23H,3-6,8-12H2,1H3/t13?,14?,15?,16?,17?,18?,19-/m0/s1. The Morgan fingerprint density at radius 3 is 2.65 bits per heavy atom. The summed E-state index contributed by atoms with van der Waals surface area (Å²) < 4.78 is 31.6. The molecule has 0 saturated heterocycles. The summed E-state index contributed by atoms with van der Waals surface area (Å²) in [5, 5.41) is 21.4. The molecule has 0 aromatic heterocycles. The molecule has 0 aromatic rings. The predicted molar refractivity (Wildman–Crippen MR) is 84.4 cm³/mol. The monoisotopic (exact) mass is 326 g/mol. The Balaban J connectivity index is 1.72. The van der Waals surface area contributed by atoms with Gasteiger partial charge in [0.2, 0.25) is 0 Å². The van der Waals surface area contributed by atoms with Gasteiger partial charge in [-0.3, -0.25) is 0 Å². The second-order valence-electron chi connectivity index (χ2n) is 8.97. The summed E-state index contributed by atoms with van der Waals surface area (Å²) in [5.74, 6) is -0.379. The molecule has 0 aromatic carbocycles. The highest BCUT2D eigenvalue weighted by Crippen LogP contribution is 2.64. The summed E-state index contributed by atoms with van der Waals surface area (Å²) in [6, 6.07) is 0. The Bertz CT molecular complexity index is 537. The maximum atomic E-state index is 16.0. The van der Waals surface area contributed by atoms with Crippen LogP contribution in [0.5, 0.6) is 0 Å². The van der Waals surface area contributed by atoms with Crippen molar-refractivity contribution in [3.8, 4) is 0 Å². The van der Waals surface area contributed by atoms with E-state index in [9.17, 15) is 10.2 Å². The van der Waals surface area contributed by atoms with Crippen LogP contribution in [0.4, 0.5) is 8.78 Å². The average molecular weight is 326 g/mol. The van der Waals surface area contributed by atoms with E-state index in [0.29, 0.717) is 38.5 Å². The van der Waals surface area contributed by atoms with Gasteiger partial charge in [-0.2, -0.15) is 0 Å². The van der Waals surface area contributed by atoms with Crippen LogP contribution in [0, 0.1) is 17.3 Å². The minimum atomic E-state index is -1.87. The molecule has 4 aliphatic carbocycles. The highest BCUT2D eigenvalue weighted by Gasteiger charge is 2.68. The molecule has 4 rings (SSSR count). The van der Waals surface area contributed by atoms with E-state index in [4.69, 9.17) is 0 Å². The van der Waals surface area contributed by atoms with Crippen LogP contribution in [0.3, 0.4) is 0 Å². The van der Waals surface area contributed by atoms with Crippen LogP contribution in [0.15, 0.2) is 12.2 Å². The Morgan fingerprint density at radius 2 is 1.87 bits per heavy atom. The van der Waals surface area contributed by atoms with Gasteiger partial charge in [0.1, 0.15) is 16.9 Å². The first-order chi connectivity index (χ1) is 10.7. The van der Waals surface area contributed by atoms with Crippen LogP contribution >= 0.6 is 0 Å². The number of halogens is 2. The van der Waals surface area contributed by atoms with E-state index >= 15 is 8.78 Å². The molecule has 0 spiro atoms. The van der Waals surface area contributed by atoms with Crippen molar-refractivity contribution in [2.24, 2.45) is 17.3 Å². The maximum Gasteiger partial charge on any atom is 0.142 e. The first-order valence-corrected chi connectivity index (χ1v) is 9.17. The highest BCUT2D eigenvalue weighted by molar-refractivity contribution is 5.24. The Labute approximate surface area is 137 Å². The van der Waals surface area contributed by atoms with Crippen molar-refractivity contribution >= 4 is 0 Å². The zero-order chi connectivity index (χ0) is 16.5. The molecule has 0 amide bonds. The van der Waals surface area contributed by atoms with Crippen LogP contribution < -0.4 is 0 Å². The molecule has 0 heterocycles. The van der Waals surface area contributed by atoms with Crippen molar-refractivity contribution in [2.75, 3.05) is 0 Å². The lowest BCUT2D eigenvalue weighted by Gasteiger charge is -2.55. The lowest BCUT2D eigenvalue weighted by atomic mass is 9.54. The van der Waals surface area contributed by atoms with Crippen LogP contribution in [0.25, 0.3) is 0 Å². The fraction of sp³-hybridized carbons (Fsp3) is 0.895. The van der Waals surface area contributed by atoms with Gasteiger partial charge in [0.25, 0.3) is 0 Å². The predicted octanol–water partition coefficient (Wildman–Crippen LogP) is 3.86. The second-order valence-corrected chi connectivity index (χ2v) is 8.97. The number of hydrogen-bond donors (Lipinski definition) is 2. The SMILES string of the molecule is CC12C=CCC1[C@@]1(O)CCC3CCC(O)CC3(F)CC1(F)CC2. The van der Waals surface area contributed by atoms with Gasteiger partial charge >= 0.3 is 0 Å². The number of fused-ring (bicyclic) bond motifs is 4. The number of alkyl halides is 2. The molecule has 0 aliphatic heterocycles. The second kappa shape index (κ2) is 4.78. The van der Waals surface area contributed by atoms with Crippen molar-refractivity contribution in [1.82, 2.24) is 0 Å². The first-order valence-electron chi connectivity index (χ1n) is 9.17. The van der Waals surface area contributed by atoms with Crippen molar-refractivity contribution in [2.45, 2.75) is 87.8 Å². The topological polar surface area (TPSA) is 40.5 Å². The van der Waals surface area contributed by atoms with Gasteiger partial charge in [-0.25, -0.2) is 8.78 Å². The van der Waals surface area contributed by atoms with E-state index in [2.05, 4.69) is 19.1 Å². The summed E-state index contributed by atoms with van der Waals surface area (Å²) in [7, 11) is 0. The van der Waals surface area contributed by atoms with E-state index in [-0.39, 0.29) is 36.5 Å². The Morgan fingerprint density at radius 1 is 1.09 bits per heavy atom. The van der Waals surface area contributed by atoms with Gasteiger partial charge in [0, 0.05) is 18.8 Å². The number of aliphatic hydroxyl groups excluding tert-OH is 1. The molecule has 7 atom stereocenters. The third-order valence-corrected chi connectivity index (χ3v) is 7.68. The molecule has 4 heteroatoms. The molecule has 2 nitrogen and oxygen atoms in total. The lowest BCUT2D eigenvalue weighted by molar-refractivity contribution is -0.202. The molecule has 0 radical (unpaired) electrons. The van der Waals surface area contributed by atoms with Crippen LogP contribution in [0.1, 0.15) is 64.7 Å². The normalized spacial score (nSPS) is 58.9. The molecule has 130 valence electrons. The van der Waals surface area contributed by atoms with Gasteiger partial charge in [-0.15, -0.1) is 0 Å². The molecule has 23 heavy (non-hydrogen) atoms. The maximum absolute atomic E-state index is 16.0. The van der Waals surface area contributed by atoms with E-state index in [1.807, 2.05) is 0 Å². The summed E-state index contributed by atoms with van der Waals surface area (Å²) in [6.07, 6.45) is 6.93. The van der Waals surface area contributed by atoms with Gasteiger partial charge in [0.05, 0.1) is 6.10 Å². The summed E-state index contributed by atoms with van der Waals surface area (Å²) in [4.78, 5) is 0. The van der Waals surface area contributed by atoms with E-state index in [1.165, 1.54) is 0 Å². The molecule has 4 aliphatic rings. The Kier molecular flexibility index (Phi) is 3.33. The Hall–Kier alpha value is -0.480. The molecular weight excluding hydrogens is 298 g/mol. The minimum Gasteiger partial charge on any atom is -0.393 e. The average Bonchev–Trinajstić information content (AvgIpc) is 2.82. The van der Waals surface area contributed by atoms with Gasteiger partial charge in [-0.1, -0.05) is 19.1 Å². The van der Waals surface area contributed by atoms with E-state index in [1.54, 1.807) is 0 Å². The highest BCUT2D eigenvalue weighted by atomic mass is 19.2. The third kappa shape index (κ3) is 2.10. The zero-order valence-corrected chi connectivity index (χ0v) is 13.9. The number of hydrogen-bond acceptors (Lipinski definition) is 2. The molecule has 3 fully saturated rings. The van der Waals surface area contributed by atoms with Gasteiger partial charge < -0.3 is 10.2 Å². The fourth-order valence-electron chi connectivity index (χ4n) is 6.28. The summed E-state index contributed by atoms with van der Waals surface area (Å²) >= 11 is 0. The van der Waals surface area contributed by atoms with E-state index < -0.39 is 23.0 Å². The molecule has 3 saturated carbocycles. The number of aliphatic hydroxyl groups is 2. The van der Waals surface area contributed by atoms with E-state index in [0.717, 1.165) is 0 Å². The summed E-state index contributed by atoms with van der Waals surface area (Å²) in [5.41, 5.74) is -5.14. The molecule has 2 N–H and O–H groups in total. The van der Waals surface area contributed by atoms with Gasteiger partial charge in [0.15, 0.2) is 0 Å². The molecule has 0 bridgehead atoms. The van der Waals surface area contributed by atoms with Crippen molar-refractivity contribution in [3.63, 3.8) is 0 Å². The summed E-state index contributed by atoms with van der Waals surface area (Å²) in [6.45, 7) is 2.10. The van der Waals surface area contributed by atoms with Crippen LogP contribution in [0.2, 0.25) is 0 Å². The largest absolute Gasteiger partial charge is 0.393 e.